The van der Waals surface area contributed by atoms with Gasteiger partial charge in [0, 0.05) is 10.8 Å². The van der Waals surface area contributed by atoms with Gasteiger partial charge in [-0.15, -0.1) is 10.2 Å². The maximum absolute atomic E-state index is 9.83. The number of nitrogen functional groups attached to an aromatic ring is 1. The first-order valence-corrected chi connectivity index (χ1v) is 6.22. The van der Waals surface area contributed by atoms with Crippen molar-refractivity contribution in [3.63, 3.8) is 0 Å². The number of nitrogens with zero attached hydrogens (tertiary/aromatic N) is 2. The van der Waals surface area contributed by atoms with Gasteiger partial charge in [0.1, 0.15) is 11.4 Å². The van der Waals surface area contributed by atoms with Gasteiger partial charge in [-0.3, -0.25) is 0 Å². The molecule has 0 bridgehead atoms. The molecule has 0 aliphatic carbocycles. The van der Waals surface area contributed by atoms with Crippen molar-refractivity contribution in [1.29, 1.82) is 0 Å². The Bertz CT molecular complexity index is 797. The molecule has 20 heavy (non-hydrogen) atoms. The molecule has 4 heteroatoms. The molecule has 0 aliphatic rings. The van der Waals surface area contributed by atoms with Crippen LogP contribution in [0.3, 0.4) is 0 Å². The summed E-state index contributed by atoms with van der Waals surface area (Å²) in [5, 5.41) is 19.9. The van der Waals surface area contributed by atoms with Crippen LogP contribution in [0.4, 0.5) is 17.1 Å². The predicted octanol–water partition coefficient (Wildman–Crippen LogP) is 4.54. The van der Waals surface area contributed by atoms with Crippen LogP contribution in [-0.2, 0) is 0 Å². The highest BCUT2D eigenvalue weighted by Crippen LogP contribution is 2.33. The molecule has 98 valence electrons. The zero-order chi connectivity index (χ0) is 13.9. The van der Waals surface area contributed by atoms with E-state index in [-0.39, 0.29) is 5.75 Å². The van der Waals surface area contributed by atoms with E-state index in [0.717, 1.165) is 10.8 Å². The van der Waals surface area contributed by atoms with E-state index in [1.165, 1.54) is 0 Å². The SMILES string of the molecule is Nc1ccccc1N=Nc1ccc(O)c2ccccc12. The molecule has 3 aromatic carbocycles. The largest absolute Gasteiger partial charge is 0.507 e. The predicted molar refractivity (Wildman–Crippen MR) is 80.6 cm³/mol. The minimum absolute atomic E-state index is 0.235. The highest BCUT2D eigenvalue weighted by molar-refractivity contribution is 5.96. The van der Waals surface area contributed by atoms with Crippen LogP contribution in [0.25, 0.3) is 10.8 Å². The van der Waals surface area contributed by atoms with Crippen molar-refractivity contribution in [2.24, 2.45) is 10.2 Å². The Morgan fingerprint density at radius 1 is 0.700 bits per heavy atom. The molecule has 0 unspecified atom stereocenters. The normalized spacial score (nSPS) is 11.2. The van der Waals surface area contributed by atoms with Crippen LogP contribution in [-0.4, -0.2) is 5.11 Å². The Morgan fingerprint density at radius 2 is 1.35 bits per heavy atom. The second-order valence-electron chi connectivity index (χ2n) is 4.41. The molecule has 0 amide bonds. The number of nitrogens with two attached hydrogens (primary N) is 1. The summed E-state index contributed by atoms with van der Waals surface area (Å²) in [6.07, 6.45) is 0. The lowest BCUT2D eigenvalue weighted by molar-refractivity contribution is 0.481. The van der Waals surface area contributed by atoms with Crippen LogP contribution < -0.4 is 5.73 Å². The van der Waals surface area contributed by atoms with Gasteiger partial charge in [-0.2, -0.15) is 0 Å². The summed E-state index contributed by atoms with van der Waals surface area (Å²) in [4.78, 5) is 0. The van der Waals surface area contributed by atoms with E-state index in [4.69, 9.17) is 5.73 Å². The van der Waals surface area contributed by atoms with Gasteiger partial charge in [0.25, 0.3) is 0 Å². The number of hydrogen-bond donors (Lipinski definition) is 2. The van der Waals surface area contributed by atoms with Crippen molar-refractivity contribution >= 4 is 27.8 Å². The minimum atomic E-state index is 0.235. The number of phenolic OH excluding ortho intramolecular Hbond substituents is 1. The fourth-order valence-corrected chi connectivity index (χ4v) is 2.04. The lowest BCUT2D eigenvalue weighted by Crippen LogP contribution is -1.82. The van der Waals surface area contributed by atoms with Gasteiger partial charge in [-0.05, 0) is 24.3 Å². The average Bonchev–Trinajstić information content (AvgIpc) is 2.48. The zero-order valence-corrected chi connectivity index (χ0v) is 10.7. The van der Waals surface area contributed by atoms with Crippen molar-refractivity contribution < 1.29 is 5.11 Å². The number of aromatic hydroxyl groups is 1. The minimum Gasteiger partial charge on any atom is -0.507 e. The first kappa shape index (κ1) is 12.2. The van der Waals surface area contributed by atoms with Crippen LogP contribution in [0.15, 0.2) is 70.9 Å². The van der Waals surface area contributed by atoms with E-state index in [0.29, 0.717) is 17.1 Å². The second-order valence-corrected chi connectivity index (χ2v) is 4.41. The summed E-state index contributed by atoms with van der Waals surface area (Å²) in [6, 6.07) is 18.2. The molecule has 3 aromatic rings. The van der Waals surface area contributed by atoms with Crippen LogP contribution in [0.1, 0.15) is 0 Å². The molecular formula is C16H13N3O. The fourth-order valence-electron chi connectivity index (χ4n) is 2.04. The van der Waals surface area contributed by atoms with Gasteiger partial charge in [-0.1, -0.05) is 36.4 Å². The summed E-state index contributed by atoms with van der Waals surface area (Å²) in [5.41, 5.74) is 7.74. The van der Waals surface area contributed by atoms with E-state index in [9.17, 15) is 5.11 Å². The zero-order valence-electron chi connectivity index (χ0n) is 10.7. The van der Waals surface area contributed by atoms with Gasteiger partial charge < -0.3 is 10.8 Å². The summed E-state index contributed by atoms with van der Waals surface area (Å²) in [6.45, 7) is 0. The molecule has 0 spiro atoms. The van der Waals surface area contributed by atoms with Gasteiger partial charge in [-0.25, -0.2) is 0 Å². The molecule has 0 atom stereocenters. The van der Waals surface area contributed by atoms with E-state index in [1.807, 2.05) is 36.4 Å². The van der Waals surface area contributed by atoms with Crippen molar-refractivity contribution in [2.75, 3.05) is 5.73 Å². The topological polar surface area (TPSA) is 71.0 Å². The van der Waals surface area contributed by atoms with E-state index in [2.05, 4.69) is 10.2 Å². The highest BCUT2D eigenvalue weighted by Gasteiger charge is 2.04. The van der Waals surface area contributed by atoms with E-state index < -0.39 is 0 Å². The lowest BCUT2D eigenvalue weighted by Gasteiger charge is -2.03. The second kappa shape index (κ2) is 5.01. The fraction of sp³-hybridized carbons (Fsp3) is 0. The lowest BCUT2D eigenvalue weighted by atomic mass is 10.1. The summed E-state index contributed by atoms with van der Waals surface area (Å²) < 4.78 is 0. The molecule has 0 aromatic heterocycles. The molecular weight excluding hydrogens is 250 g/mol. The van der Waals surface area contributed by atoms with Crippen LogP contribution in [0.2, 0.25) is 0 Å². The van der Waals surface area contributed by atoms with Crippen LogP contribution in [0.5, 0.6) is 5.75 Å². The maximum Gasteiger partial charge on any atom is 0.123 e. The Morgan fingerprint density at radius 3 is 2.15 bits per heavy atom. The molecule has 4 nitrogen and oxygen atoms in total. The number of fused-ring (bicyclic) bond motifs is 1. The smallest absolute Gasteiger partial charge is 0.123 e. The van der Waals surface area contributed by atoms with E-state index >= 15 is 0 Å². The monoisotopic (exact) mass is 263 g/mol. The Labute approximate surface area is 116 Å². The van der Waals surface area contributed by atoms with Gasteiger partial charge >= 0.3 is 0 Å². The number of rotatable bonds is 2. The quantitative estimate of drug-likeness (QED) is 0.526. The standard InChI is InChI=1S/C16H13N3O/c17-13-7-3-4-8-15(13)19-18-14-9-10-16(20)12-6-2-1-5-11(12)14/h1-10,20H,17H2. The number of benzene rings is 3. The number of phenols is 1. The third-order valence-electron chi connectivity index (χ3n) is 3.08. The molecule has 0 aliphatic heterocycles. The van der Waals surface area contributed by atoms with Crippen molar-refractivity contribution in [2.45, 2.75) is 0 Å². The number of para-hydroxylation sites is 1. The molecule has 0 radical (unpaired) electrons. The van der Waals surface area contributed by atoms with Crippen LogP contribution in [0, 0.1) is 0 Å². The number of azo groups is 1. The Kier molecular flexibility index (Phi) is 3.05. The summed E-state index contributed by atoms with van der Waals surface area (Å²) in [7, 11) is 0. The van der Waals surface area contributed by atoms with Gasteiger partial charge in [0.05, 0.1) is 11.4 Å². The molecule has 3 rings (SSSR count). The third kappa shape index (κ3) is 2.19. The number of anilines is 1. The van der Waals surface area contributed by atoms with Gasteiger partial charge in [0.2, 0.25) is 0 Å². The molecule has 0 saturated heterocycles. The first-order valence-electron chi connectivity index (χ1n) is 6.22. The molecule has 0 heterocycles. The van der Waals surface area contributed by atoms with E-state index in [1.54, 1.807) is 24.3 Å². The number of hydrogen-bond acceptors (Lipinski definition) is 4. The molecule has 0 saturated carbocycles. The van der Waals surface area contributed by atoms with Crippen molar-refractivity contribution in [3.05, 3.63) is 60.7 Å². The summed E-state index contributed by atoms with van der Waals surface area (Å²) in [5.74, 6) is 0.235. The average molecular weight is 263 g/mol. The Hall–Kier alpha value is -2.88. The highest BCUT2D eigenvalue weighted by atomic mass is 16.3. The summed E-state index contributed by atoms with van der Waals surface area (Å²) >= 11 is 0. The molecule has 0 fully saturated rings. The Balaban J connectivity index is 2.08. The molecule has 3 N–H and O–H groups in total. The van der Waals surface area contributed by atoms with Gasteiger partial charge in [0.15, 0.2) is 0 Å². The van der Waals surface area contributed by atoms with Crippen molar-refractivity contribution in [3.8, 4) is 5.75 Å². The first-order chi connectivity index (χ1) is 9.75. The van der Waals surface area contributed by atoms with Crippen LogP contribution >= 0.6 is 0 Å². The van der Waals surface area contributed by atoms with Crippen molar-refractivity contribution in [1.82, 2.24) is 0 Å². The third-order valence-corrected chi connectivity index (χ3v) is 3.08. The maximum atomic E-state index is 9.83.